The van der Waals surface area contributed by atoms with Gasteiger partial charge in [-0.3, -0.25) is 9.88 Å². The van der Waals surface area contributed by atoms with Gasteiger partial charge in [-0.15, -0.1) is 0 Å². The Kier molecular flexibility index (Phi) is 5.99. The first-order valence-electron chi connectivity index (χ1n) is 8.11. The van der Waals surface area contributed by atoms with Crippen molar-refractivity contribution in [1.29, 1.82) is 0 Å². The van der Waals surface area contributed by atoms with Gasteiger partial charge in [0.2, 0.25) is 0 Å². The number of hydrogen-bond acceptors (Lipinski definition) is 3. The van der Waals surface area contributed by atoms with Crippen molar-refractivity contribution in [3.8, 4) is 0 Å². The van der Waals surface area contributed by atoms with Crippen LogP contribution in [-0.4, -0.2) is 29.0 Å². The zero-order chi connectivity index (χ0) is 14.4. The van der Waals surface area contributed by atoms with E-state index in [1.54, 1.807) is 0 Å². The van der Waals surface area contributed by atoms with Crippen LogP contribution in [0.4, 0.5) is 0 Å². The molecule has 1 aliphatic carbocycles. The highest BCUT2D eigenvalue weighted by atomic mass is 15.2. The lowest BCUT2D eigenvalue weighted by atomic mass is 9.83. The first kappa shape index (κ1) is 15.5. The summed E-state index contributed by atoms with van der Waals surface area (Å²) >= 11 is 0. The molecule has 1 heterocycles. The first-order valence-corrected chi connectivity index (χ1v) is 8.11. The second-order valence-corrected chi connectivity index (χ2v) is 6.03. The van der Waals surface area contributed by atoms with E-state index in [0.29, 0.717) is 6.04 Å². The third-order valence-corrected chi connectivity index (χ3v) is 4.62. The van der Waals surface area contributed by atoms with E-state index in [9.17, 15) is 0 Å². The molecular weight excluding hydrogens is 246 g/mol. The molecular formula is C17H29N3. The van der Waals surface area contributed by atoms with Crippen molar-refractivity contribution >= 4 is 0 Å². The van der Waals surface area contributed by atoms with E-state index in [1.807, 2.05) is 0 Å². The molecule has 1 saturated carbocycles. The number of nitrogens with two attached hydrogens (primary N) is 1. The minimum Gasteiger partial charge on any atom is -0.329 e. The van der Waals surface area contributed by atoms with Gasteiger partial charge in [-0.05, 0) is 44.4 Å². The molecule has 0 aromatic carbocycles. The summed E-state index contributed by atoms with van der Waals surface area (Å²) in [6, 6.07) is 6.80. The molecule has 0 saturated heterocycles. The average molecular weight is 275 g/mol. The quantitative estimate of drug-likeness (QED) is 0.867. The van der Waals surface area contributed by atoms with Crippen molar-refractivity contribution < 1.29 is 0 Å². The monoisotopic (exact) mass is 275 g/mol. The summed E-state index contributed by atoms with van der Waals surface area (Å²) < 4.78 is 0. The highest BCUT2D eigenvalue weighted by molar-refractivity contribution is 5.10. The van der Waals surface area contributed by atoms with Crippen molar-refractivity contribution in [3.63, 3.8) is 0 Å². The molecule has 2 N–H and O–H groups in total. The normalized spacial score (nSPS) is 18.4. The van der Waals surface area contributed by atoms with Gasteiger partial charge in [-0.1, -0.05) is 32.3 Å². The van der Waals surface area contributed by atoms with Crippen LogP contribution < -0.4 is 5.73 Å². The van der Waals surface area contributed by atoms with E-state index in [4.69, 9.17) is 5.73 Å². The van der Waals surface area contributed by atoms with Gasteiger partial charge in [-0.25, -0.2) is 0 Å². The number of likely N-dealkylation sites (N-methyl/N-ethyl adjacent to an activating group) is 1. The average Bonchev–Trinajstić information content (AvgIpc) is 2.48. The Morgan fingerprint density at radius 2 is 2.05 bits per heavy atom. The van der Waals surface area contributed by atoms with Crippen LogP contribution in [0.25, 0.3) is 0 Å². The number of aryl methyl sites for hydroxylation is 1. The van der Waals surface area contributed by atoms with Gasteiger partial charge in [0.25, 0.3) is 0 Å². The van der Waals surface area contributed by atoms with Gasteiger partial charge in [0.1, 0.15) is 0 Å². The predicted octanol–water partition coefficient (Wildman–Crippen LogP) is 3.12. The fourth-order valence-electron chi connectivity index (χ4n) is 3.52. The third kappa shape index (κ3) is 4.03. The second-order valence-electron chi connectivity index (χ2n) is 6.03. The lowest BCUT2D eigenvalue weighted by molar-refractivity contribution is 0.119. The highest BCUT2D eigenvalue weighted by Crippen LogP contribution is 2.29. The Morgan fingerprint density at radius 3 is 2.65 bits per heavy atom. The van der Waals surface area contributed by atoms with Crippen LogP contribution in [0.3, 0.4) is 0 Å². The van der Waals surface area contributed by atoms with Gasteiger partial charge in [0, 0.05) is 24.8 Å². The van der Waals surface area contributed by atoms with Crippen LogP contribution in [0.2, 0.25) is 0 Å². The summed E-state index contributed by atoms with van der Waals surface area (Å²) in [4.78, 5) is 7.17. The molecule has 0 spiro atoms. The van der Waals surface area contributed by atoms with Crippen LogP contribution in [0.1, 0.15) is 50.4 Å². The fraction of sp³-hybridized carbons (Fsp3) is 0.706. The molecule has 0 radical (unpaired) electrons. The molecule has 1 aromatic heterocycles. The first-order chi connectivity index (χ1) is 9.74. The lowest BCUT2D eigenvalue weighted by Gasteiger charge is -2.37. The standard InChI is InChI=1S/C17H29N3/c1-3-20(13-16-11-7-8-14(2)19-16)17(12-18)15-9-5-4-6-10-15/h7-8,11,15,17H,3-6,9-10,12-13,18H2,1-2H3. The lowest BCUT2D eigenvalue weighted by Crippen LogP contribution is -2.45. The van der Waals surface area contributed by atoms with Crippen molar-refractivity contribution in [2.75, 3.05) is 13.1 Å². The van der Waals surface area contributed by atoms with Crippen molar-refractivity contribution in [3.05, 3.63) is 29.6 Å². The molecule has 1 aromatic rings. The minimum atomic E-state index is 0.516. The molecule has 20 heavy (non-hydrogen) atoms. The summed E-state index contributed by atoms with van der Waals surface area (Å²) in [7, 11) is 0. The van der Waals surface area contributed by atoms with Crippen molar-refractivity contribution in [2.45, 2.75) is 58.5 Å². The van der Waals surface area contributed by atoms with E-state index in [-0.39, 0.29) is 0 Å². The van der Waals surface area contributed by atoms with E-state index in [1.165, 1.54) is 37.8 Å². The topological polar surface area (TPSA) is 42.2 Å². The van der Waals surface area contributed by atoms with Crippen LogP contribution in [0.15, 0.2) is 18.2 Å². The van der Waals surface area contributed by atoms with Crippen molar-refractivity contribution in [1.82, 2.24) is 9.88 Å². The molecule has 0 amide bonds. The maximum absolute atomic E-state index is 6.10. The van der Waals surface area contributed by atoms with Gasteiger partial charge in [-0.2, -0.15) is 0 Å². The van der Waals surface area contributed by atoms with Gasteiger partial charge in [0.15, 0.2) is 0 Å². The smallest absolute Gasteiger partial charge is 0.0547 e. The number of rotatable bonds is 6. The Morgan fingerprint density at radius 1 is 1.30 bits per heavy atom. The molecule has 3 nitrogen and oxygen atoms in total. The molecule has 3 heteroatoms. The van der Waals surface area contributed by atoms with Crippen LogP contribution in [0, 0.1) is 12.8 Å². The van der Waals surface area contributed by atoms with Gasteiger partial charge < -0.3 is 5.73 Å². The largest absolute Gasteiger partial charge is 0.329 e. The highest BCUT2D eigenvalue weighted by Gasteiger charge is 2.27. The third-order valence-electron chi connectivity index (χ3n) is 4.62. The molecule has 1 fully saturated rings. The summed E-state index contributed by atoms with van der Waals surface area (Å²) in [5.41, 5.74) is 8.37. The van der Waals surface area contributed by atoms with Crippen LogP contribution in [0.5, 0.6) is 0 Å². The zero-order valence-electron chi connectivity index (χ0n) is 13.0. The van der Waals surface area contributed by atoms with E-state index < -0.39 is 0 Å². The number of aromatic nitrogens is 1. The molecule has 2 rings (SSSR count). The molecule has 0 bridgehead atoms. The Hall–Kier alpha value is -0.930. The fourth-order valence-corrected chi connectivity index (χ4v) is 3.52. The summed E-state index contributed by atoms with van der Waals surface area (Å²) in [6.45, 7) is 7.04. The van der Waals surface area contributed by atoms with Crippen molar-refractivity contribution in [2.24, 2.45) is 11.7 Å². The second kappa shape index (κ2) is 7.75. The molecule has 112 valence electrons. The maximum Gasteiger partial charge on any atom is 0.0547 e. The number of pyridine rings is 1. The van der Waals surface area contributed by atoms with E-state index in [0.717, 1.165) is 31.2 Å². The van der Waals surface area contributed by atoms with Gasteiger partial charge >= 0.3 is 0 Å². The Balaban J connectivity index is 2.04. The van der Waals surface area contributed by atoms with Gasteiger partial charge in [0.05, 0.1) is 5.69 Å². The molecule has 1 atom stereocenters. The predicted molar refractivity (Wildman–Crippen MR) is 84.5 cm³/mol. The molecule has 0 aliphatic heterocycles. The van der Waals surface area contributed by atoms with Crippen LogP contribution >= 0.6 is 0 Å². The molecule has 1 aliphatic rings. The number of hydrogen-bond donors (Lipinski definition) is 1. The van der Waals surface area contributed by atoms with E-state index in [2.05, 4.69) is 41.9 Å². The van der Waals surface area contributed by atoms with Crippen LogP contribution in [-0.2, 0) is 6.54 Å². The Bertz CT molecular complexity index is 399. The minimum absolute atomic E-state index is 0.516. The summed E-state index contributed by atoms with van der Waals surface area (Å²) in [5, 5.41) is 0. The molecule has 1 unspecified atom stereocenters. The summed E-state index contributed by atoms with van der Waals surface area (Å²) in [6.07, 6.45) is 6.85. The number of nitrogens with zero attached hydrogens (tertiary/aromatic N) is 2. The zero-order valence-corrected chi connectivity index (χ0v) is 13.0. The summed E-state index contributed by atoms with van der Waals surface area (Å²) in [5.74, 6) is 0.776. The van der Waals surface area contributed by atoms with E-state index >= 15 is 0 Å². The SMILES string of the molecule is CCN(Cc1cccc(C)n1)C(CN)C1CCCCC1. The Labute approximate surface area is 123 Å². The maximum atomic E-state index is 6.10.